The lowest BCUT2D eigenvalue weighted by atomic mass is 10.1. The van der Waals surface area contributed by atoms with Crippen molar-refractivity contribution in [3.8, 4) is 0 Å². The number of nitro benzene ring substituents is 1. The number of nitrogens with two attached hydrogens (primary N) is 1. The summed E-state index contributed by atoms with van der Waals surface area (Å²) in [6.45, 7) is 4.00. The summed E-state index contributed by atoms with van der Waals surface area (Å²) in [5.41, 5.74) is 5.33. The van der Waals surface area contributed by atoms with Gasteiger partial charge in [-0.1, -0.05) is 0 Å². The van der Waals surface area contributed by atoms with Crippen LogP contribution in [-0.4, -0.2) is 17.0 Å². The first-order valence-corrected chi connectivity index (χ1v) is 4.76. The SMILES string of the molecule is CC(C)(N)CNc1cc(F)cc([N+](=O)[O-])c1. The molecular formula is C10H14FN3O2. The Labute approximate surface area is 92.6 Å². The first kappa shape index (κ1) is 12.4. The summed E-state index contributed by atoms with van der Waals surface area (Å²) in [6, 6.07) is 3.34. The van der Waals surface area contributed by atoms with E-state index in [-0.39, 0.29) is 5.69 Å². The zero-order chi connectivity index (χ0) is 12.3. The summed E-state index contributed by atoms with van der Waals surface area (Å²) < 4.78 is 13.0. The van der Waals surface area contributed by atoms with Gasteiger partial charge in [0.05, 0.1) is 11.0 Å². The second kappa shape index (κ2) is 4.44. The maximum Gasteiger partial charge on any atom is 0.274 e. The Morgan fingerprint density at radius 2 is 2.12 bits per heavy atom. The first-order valence-electron chi connectivity index (χ1n) is 4.76. The molecule has 0 aromatic heterocycles. The molecule has 0 saturated carbocycles. The van der Waals surface area contributed by atoms with E-state index >= 15 is 0 Å². The van der Waals surface area contributed by atoms with E-state index in [2.05, 4.69) is 5.32 Å². The number of non-ortho nitro benzene ring substituents is 1. The van der Waals surface area contributed by atoms with Crippen molar-refractivity contribution < 1.29 is 9.31 Å². The molecule has 0 aliphatic rings. The Hall–Kier alpha value is -1.69. The molecular weight excluding hydrogens is 213 g/mol. The topological polar surface area (TPSA) is 81.2 Å². The Kier molecular flexibility index (Phi) is 3.44. The van der Waals surface area contributed by atoms with Gasteiger partial charge in [0.2, 0.25) is 0 Å². The number of anilines is 1. The minimum Gasteiger partial charge on any atom is -0.383 e. The zero-order valence-electron chi connectivity index (χ0n) is 9.16. The van der Waals surface area contributed by atoms with E-state index in [9.17, 15) is 14.5 Å². The van der Waals surface area contributed by atoms with E-state index in [4.69, 9.17) is 5.73 Å². The average Bonchev–Trinajstić information content (AvgIpc) is 2.13. The lowest BCUT2D eigenvalue weighted by molar-refractivity contribution is -0.385. The molecule has 1 aromatic rings. The van der Waals surface area contributed by atoms with Crippen molar-refractivity contribution in [2.45, 2.75) is 19.4 Å². The van der Waals surface area contributed by atoms with Crippen molar-refractivity contribution >= 4 is 11.4 Å². The van der Waals surface area contributed by atoms with Crippen LogP contribution in [0.3, 0.4) is 0 Å². The zero-order valence-corrected chi connectivity index (χ0v) is 9.16. The highest BCUT2D eigenvalue weighted by atomic mass is 19.1. The number of halogens is 1. The van der Waals surface area contributed by atoms with Gasteiger partial charge in [0, 0.05) is 23.8 Å². The van der Waals surface area contributed by atoms with E-state index in [0.29, 0.717) is 12.2 Å². The second-order valence-corrected chi connectivity index (χ2v) is 4.30. The maximum atomic E-state index is 13.0. The van der Waals surface area contributed by atoms with Crippen molar-refractivity contribution in [2.24, 2.45) is 5.73 Å². The van der Waals surface area contributed by atoms with Crippen molar-refractivity contribution in [2.75, 3.05) is 11.9 Å². The van der Waals surface area contributed by atoms with Gasteiger partial charge in [-0.15, -0.1) is 0 Å². The van der Waals surface area contributed by atoms with Crippen LogP contribution in [0.2, 0.25) is 0 Å². The van der Waals surface area contributed by atoms with Crippen LogP contribution < -0.4 is 11.1 Å². The van der Waals surface area contributed by atoms with Gasteiger partial charge in [0.25, 0.3) is 5.69 Å². The molecule has 0 aliphatic carbocycles. The monoisotopic (exact) mass is 227 g/mol. The predicted molar refractivity (Wildman–Crippen MR) is 59.8 cm³/mol. The predicted octanol–water partition coefficient (Wildman–Crippen LogP) is 1.88. The highest BCUT2D eigenvalue weighted by Gasteiger charge is 2.13. The average molecular weight is 227 g/mol. The van der Waals surface area contributed by atoms with Crippen LogP contribution in [0.5, 0.6) is 0 Å². The molecule has 0 unspecified atom stereocenters. The lowest BCUT2D eigenvalue weighted by Gasteiger charge is -2.19. The van der Waals surface area contributed by atoms with Gasteiger partial charge in [-0.25, -0.2) is 4.39 Å². The molecule has 0 spiro atoms. The number of benzene rings is 1. The largest absolute Gasteiger partial charge is 0.383 e. The molecule has 88 valence electrons. The molecule has 6 heteroatoms. The van der Waals surface area contributed by atoms with Crippen LogP contribution in [0, 0.1) is 15.9 Å². The number of hydrogen-bond donors (Lipinski definition) is 2. The molecule has 0 bridgehead atoms. The summed E-state index contributed by atoms with van der Waals surface area (Å²) >= 11 is 0. The summed E-state index contributed by atoms with van der Waals surface area (Å²) in [4.78, 5) is 9.86. The molecule has 0 aliphatic heterocycles. The Morgan fingerprint density at radius 3 is 2.62 bits per heavy atom. The van der Waals surface area contributed by atoms with Crippen molar-refractivity contribution in [3.63, 3.8) is 0 Å². The van der Waals surface area contributed by atoms with Crippen molar-refractivity contribution in [3.05, 3.63) is 34.1 Å². The summed E-state index contributed by atoms with van der Waals surface area (Å²) in [7, 11) is 0. The number of nitrogens with one attached hydrogen (secondary N) is 1. The molecule has 3 N–H and O–H groups in total. The molecule has 1 aromatic carbocycles. The maximum absolute atomic E-state index is 13.0. The van der Waals surface area contributed by atoms with Crippen LogP contribution in [0.25, 0.3) is 0 Å². The third-order valence-electron chi connectivity index (χ3n) is 1.84. The van der Waals surface area contributed by atoms with Gasteiger partial charge in [0.1, 0.15) is 5.82 Å². The van der Waals surface area contributed by atoms with E-state index < -0.39 is 16.3 Å². The van der Waals surface area contributed by atoms with Crippen molar-refractivity contribution in [1.29, 1.82) is 0 Å². The molecule has 1 rings (SSSR count). The Morgan fingerprint density at radius 1 is 1.50 bits per heavy atom. The number of rotatable bonds is 4. The second-order valence-electron chi connectivity index (χ2n) is 4.30. The normalized spacial score (nSPS) is 11.2. The smallest absolute Gasteiger partial charge is 0.274 e. The van der Waals surface area contributed by atoms with Gasteiger partial charge < -0.3 is 11.1 Å². The summed E-state index contributed by atoms with van der Waals surface area (Å²) in [5, 5.41) is 13.3. The van der Waals surface area contributed by atoms with Crippen molar-refractivity contribution in [1.82, 2.24) is 0 Å². The third kappa shape index (κ3) is 3.82. The molecule has 0 fully saturated rings. The lowest BCUT2D eigenvalue weighted by Crippen LogP contribution is -2.39. The number of hydrogen-bond acceptors (Lipinski definition) is 4. The highest BCUT2D eigenvalue weighted by Crippen LogP contribution is 2.20. The van der Waals surface area contributed by atoms with Crippen LogP contribution >= 0.6 is 0 Å². The van der Waals surface area contributed by atoms with E-state index in [1.54, 1.807) is 13.8 Å². The van der Waals surface area contributed by atoms with Gasteiger partial charge in [-0.2, -0.15) is 0 Å². The number of nitrogens with zero attached hydrogens (tertiary/aromatic N) is 1. The molecule has 16 heavy (non-hydrogen) atoms. The first-order chi connectivity index (χ1) is 7.28. The minimum absolute atomic E-state index is 0.280. The number of nitro groups is 1. The summed E-state index contributed by atoms with van der Waals surface area (Å²) in [5.74, 6) is -0.647. The van der Waals surface area contributed by atoms with Crippen LogP contribution in [0.1, 0.15) is 13.8 Å². The van der Waals surface area contributed by atoms with Gasteiger partial charge in [-0.05, 0) is 19.9 Å². The molecule has 0 heterocycles. The fourth-order valence-electron chi connectivity index (χ4n) is 1.11. The van der Waals surface area contributed by atoms with Crippen LogP contribution in [0.15, 0.2) is 18.2 Å². The van der Waals surface area contributed by atoms with Crippen LogP contribution in [-0.2, 0) is 0 Å². The minimum atomic E-state index is -0.647. The quantitative estimate of drug-likeness (QED) is 0.607. The Bertz CT molecular complexity index is 402. The van der Waals surface area contributed by atoms with E-state index in [1.165, 1.54) is 12.1 Å². The fraction of sp³-hybridized carbons (Fsp3) is 0.400. The van der Waals surface area contributed by atoms with Gasteiger partial charge in [-0.3, -0.25) is 10.1 Å². The molecule has 0 atom stereocenters. The molecule has 0 saturated heterocycles. The fourth-order valence-corrected chi connectivity index (χ4v) is 1.11. The van der Waals surface area contributed by atoms with Crippen LogP contribution in [0.4, 0.5) is 15.8 Å². The molecule has 5 nitrogen and oxygen atoms in total. The Balaban J connectivity index is 2.85. The summed E-state index contributed by atoms with van der Waals surface area (Å²) in [6.07, 6.45) is 0. The standard InChI is InChI=1S/C10H14FN3O2/c1-10(2,12)6-13-8-3-7(11)4-9(5-8)14(15)16/h3-5,13H,6,12H2,1-2H3. The molecule has 0 radical (unpaired) electrons. The van der Waals surface area contributed by atoms with E-state index in [1.807, 2.05) is 0 Å². The van der Waals surface area contributed by atoms with Gasteiger partial charge in [0.15, 0.2) is 0 Å². The molecule has 0 amide bonds. The van der Waals surface area contributed by atoms with Gasteiger partial charge >= 0.3 is 0 Å². The van der Waals surface area contributed by atoms with E-state index in [0.717, 1.165) is 6.07 Å². The highest BCUT2D eigenvalue weighted by molar-refractivity contribution is 5.51. The third-order valence-corrected chi connectivity index (χ3v) is 1.84.